The first-order valence-electron chi connectivity index (χ1n) is 7.43. The molecule has 2 aromatic heterocycles. The molecular formula is C16H22N2S2. The van der Waals surface area contributed by atoms with Gasteiger partial charge in [0.25, 0.3) is 0 Å². The van der Waals surface area contributed by atoms with Crippen molar-refractivity contribution in [2.24, 2.45) is 0 Å². The van der Waals surface area contributed by atoms with Gasteiger partial charge < -0.3 is 5.32 Å². The van der Waals surface area contributed by atoms with Crippen molar-refractivity contribution in [1.29, 1.82) is 0 Å². The van der Waals surface area contributed by atoms with Gasteiger partial charge in [0.2, 0.25) is 0 Å². The number of aryl methyl sites for hydroxylation is 3. The Hall–Kier alpha value is -0.710. The quantitative estimate of drug-likeness (QED) is 0.877. The Morgan fingerprint density at radius 1 is 1.15 bits per heavy atom. The average molecular weight is 307 g/mol. The van der Waals surface area contributed by atoms with Crippen LogP contribution in [0.5, 0.6) is 0 Å². The molecule has 0 fully saturated rings. The van der Waals surface area contributed by atoms with Gasteiger partial charge in [-0.2, -0.15) is 0 Å². The highest BCUT2D eigenvalue weighted by Crippen LogP contribution is 2.33. The van der Waals surface area contributed by atoms with Crippen LogP contribution in [0.4, 0.5) is 0 Å². The molecule has 0 radical (unpaired) electrons. The SMILES string of the molecule is Cc1cnc(C(C)NC(C)c2cc3c(s2)CCCC3)s1. The average Bonchev–Trinajstić information content (AvgIpc) is 3.04. The lowest BCUT2D eigenvalue weighted by Gasteiger charge is -2.17. The number of thiophene rings is 1. The molecular weight excluding hydrogens is 284 g/mol. The second-order valence-electron chi connectivity index (χ2n) is 5.72. The van der Waals surface area contributed by atoms with E-state index in [1.165, 1.54) is 40.4 Å². The normalized spacial score (nSPS) is 17.8. The third-order valence-corrected chi connectivity index (χ3v) is 6.47. The largest absolute Gasteiger partial charge is 0.301 e. The van der Waals surface area contributed by atoms with Gasteiger partial charge in [0.05, 0.1) is 6.04 Å². The number of thiazole rings is 1. The van der Waals surface area contributed by atoms with Crippen LogP contribution in [0.15, 0.2) is 12.3 Å². The Labute approximate surface area is 129 Å². The number of aromatic nitrogens is 1. The summed E-state index contributed by atoms with van der Waals surface area (Å²) in [5.74, 6) is 0. The van der Waals surface area contributed by atoms with Crippen molar-refractivity contribution < 1.29 is 0 Å². The number of hydrogen-bond donors (Lipinski definition) is 1. The number of hydrogen-bond acceptors (Lipinski definition) is 4. The molecule has 0 bridgehead atoms. The standard InChI is InChI=1S/C16H22N2S2/c1-10-9-17-16(19-10)12(3)18-11(2)15-8-13-6-4-5-7-14(13)20-15/h8-9,11-12,18H,4-7H2,1-3H3. The zero-order chi connectivity index (χ0) is 14.1. The van der Waals surface area contributed by atoms with Gasteiger partial charge in [-0.15, -0.1) is 22.7 Å². The molecule has 0 saturated heterocycles. The zero-order valence-electron chi connectivity index (χ0n) is 12.4. The van der Waals surface area contributed by atoms with Crippen LogP contribution in [0.1, 0.15) is 64.0 Å². The highest BCUT2D eigenvalue weighted by molar-refractivity contribution is 7.12. The molecule has 2 nitrogen and oxygen atoms in total. The summed E-state index contributed by atoms with van der Waals surface area (Å²) in [6.07, 6.45) is 7.25. The summed E-state index contributed by atoms with van der Waals surface area (Å²) < 4.78 is 0. The Kier molecular flexibility index (Phi) is 4.24. The van der Waals surface area contributed by atoms with Crippen LogP contribution in [0.2, 0.25) is 0 Å². The zero-order valence-corrected chi connectivity index (χ0v) is 14.0. The van der Waals surface area contributed by atoms with Crippen molar-refractivity contribution in [1.82, 2.24) is 10.3 Å². The van der Waals surface area contributed by atoms with E-state index >= 15 is 0 Å². The predicted molar refractivity (Wildman–Crippen MR) is 87.8 cm³/mol. The molecule has 0 aliphatic heterocycles. The van der Waals surface area contributed by atoms with Crippen molar-refractivity contribution in [2.45, 2.75) is 58.5 Å². The molecule has 2 unspecified atom stereocenters. The monoisotopic (exact) mass is 306 g/mol. The van der Waals surface area contributed by atoms with Crippen LogP contribution in [0.25, 0.3) is 0 Å². The lowest BCUT2D eigenvalue weighted by molar-refractivity contribution is 0.498. The summed E-state index contributed by atoms with van der Waals surface area (Å²) >= 11 is 3.80. The van der Waals surface area contributed by atoms with Gasteiger partial charge in [0.15, 0.2) is 0 Å². The third-order valence-electron chi connectivity index (χ3n) is 3.95. The molecule has 2 aromatic rings. The molecule has 0 aromatic carbocycles. The molecule has 1 N–H and O–H groups in total. The van der Waals surface area contributed by atoms with Crippen LogP contribution >= 0.6 is 22.7 Å². The summed E-state index contributed by atoms with van der Waals surface area (Å²) in [4.78, 5) is 8.88. The molecule has 0 amide bonds. The lowest BCUT2D eigenvalue weighted by atomic mass is 9.99. The summed E-state index contributed by atoms with van der Waals surface area (Å²) in [6, 6.07) is 3.16. The fourth-order valence-corrected chi connectivity index (χ4v) is 4.88. The Morgan fingerprint density at radius 2 is 1.95 bits per heavy atom. The molecule has 4 heteroatoms. The molecule has 0 saturated carbocycles. The summed E-state index contributed by atoms with van der Waals surface area (Å²) in [7, 11) is 0. The minimum atomic E-state index is 0.322. The first-order valence-corrected chi connectivity index (χ1v) is 9.06. The fourth-order valence-electron chi connectivity index (χ4n) is 2.83. The fraction of sp³-hybridized carbons (Fsp3) is 0.562. The third kappa shape index (κ3) is 2.97. The van der Waals surface area contributed by atoms with Crippen molar-refractivity contribution in [3.63, 3.8) is 0 Å². The molecule has 1 aliphatic rings. The molecule has 20 heavy (non-hydrogen) atoms. The second-order valence-corrected chi connectivity index (χ2v) is 8.16. The van der Waals surface area contributed by atoms with Gasteiger partial charge in [0, 0.05) is 26.9 Å². The van der Waals surface area contributed by atoms with E-state index in [4.69, 9.17) is 0 Å². The van der Waals surface area contributed by atoms with Crippen LogP contribution < -0.4 is 5.32 Å². The van der Waals surface area contributed by atoms with Gasteiger partial charge >= 0.3 is 0 Å². The van der Waals surface area contributed by atoms with Gasteiger partial charge in [-0.1, -0.05) is 0 Å². The van der Waals surface area contributed by atoms with E-state index in [1.54, 1.807) is 21.8 Å². The van der Waals surface area contributed by atoms with E-state index in [-0.39, 0.29) is 0 Å². The Balaban J connectivity index is 1.69. The maximum absolute atomic E-state index is 4.49. The van der Waals surface area contributed by atoms with Crippen LogP contribution in [-0.4, -0.2) is 4.98 Å². The summed E-state index contributed by atoms with van der Waals surface area (Å²) in [5, 5.41) is 4.88. The van der Waals surface area contributed by atoms with Gasteiger partial charge in [-0.3, -0.25) is 0 Å². The smallest absolute Gasteiger partial charge is 0.109 e. The van der Waals surface area contributed by atoms with Crippen molar-refractivity contribution in [2.75, 3.05) is 0 Å². The van der Waals surface area contributed by atoms with Gasteiger partial charge in [-0.25, -0.2) is 4.98 Å². The van der Waals surface area contributed by atoms with Crippen molar-refractivity contribution in [3.8, 4) is 0 Å². The number of nitrogens with zero attached hydrogens (tertiary/aromatic N) is 1. The second kappa shape index (κ2) is 5.96. The van der Waals surface area contributed by atoms with Gasteiger partial charge in [-0.05, 0) is 58.1 Å². The predicted octanol–water partition coefficient (Wildman–Crippen LogP) is 4.80. The maximum atomic E-state index is 4.49. The van der Waals surface area contributed by atoms with E-state index in [2.05, 4.69) is 37.1 Å². The Bertz CT molecular complexity index is 562. The first kappa shape index (κ1) is 14.2. The molecule has 2 heterocycles. The van der Waals surface area contributed by atoms with E-state index < -0.39 is 0 Å². The number of fused-ring (bicyclic) bond motifs is 1. The molecule has 2 atom stereocenters. The highest BCUT2D eigenvalue weighted by Gasteiger charge is 2.19. The number of rotatable bonds is 4. The summed E-state index contributed by atoms with van der Waals surface area (Å²) in [6.45, 7) is 6.60. The topological polar surface area (TPSA) is 24.9 Å². The Morgan fingerprint density at radius 3 is 2.65 bits per heavy atom. The molecule has 1 aliphatic carbocycles. The van der Waals surface area contributed by atoms with Crippen LogP contribution in [0, 0.1) is 6.92 Å². The minimum absolute atomic E-state index is 0.322. The highest BCUT2D eigenvalue weighted by atomic mass is 32.1. The van der Waals surface area contributed by atoms with E-state index in [0.29, 0.717) is 12.1 Å². The maximum Gasteiger partial charge on any atom is 0.109 e. The molecule has 0 spiro atoms. The lowest BCUT2D eigenvalue weighted by Crippen LogP contribution is -2.21. The van der Waals surface area contributed by atoms with E-state index in [0.717, 1.165) is 0 Å². The van der Waals surface area contributed by atoms with Crippen molar-refractivity contribution in [3.05, 3.63) is 37.5 Å². The van der Waals surface area contributed by atoms with Crippen molar-refractivity contribution >= 4 is 22.7 Å². The van der Waals surface area contributed by atoms with Gasteiger partial charge in [0.1, 0.15) is 5.01 Å². The van der Waals surface area contributed by atoms with E-state index in [1.807, 2.05) is 17.5 Å². The number of nitrogens with one attached hydrogen (secondary N) is 1. The summed E-state index contributed by atoms with van der Waals surface area (Å²) in [5.41, 5.74) is 1.60. The first-order chi connectivity index (χ1) is 9.63. The minimum Gasteiger partial charge on any atom is -0.301 e. The van der Waals surface area contributed by atoms with E-state index in [9.17, 15) is 0 Å². The van der Waals surface area contributed by atoms with Crippen LogP contribution in [-0.2, 0) is 12.8 Å². The molecule has 3 rings (SSSR count). The molecule has 108 valence electrons. The van der Waals surface area contributed by atoms with Crippen LogP contribution in [0.3, 0.4) is 0 Å².